The molecule has 1 aliphatic heterocycles. The number of hydrogen-bond donors (Lipinski definition) is 2. The molecule has 0 saturated carbocycles. The molecule has 3 N–H and O–H groups in total. The van der Waals surface area contributed by atoms with Gasteiger partial charge in [-0.3, -0.25) is 19.8 Å². The first-order valence-corrected chi connectivity index (χ1v) is 4.67. The molecule has 3 amide bonds. The number of nitrogens with one attached hydrogen (secondary N) is 1. The van der Waals surface area contributed by atoms with E-state index in [-0.39, 0.29) is 6.54 Å². The smallest absolute Gasteiger partial charge is 0.312 e. The number of carbonyl (C=O) groups excluding carboxylic acids is 3. The van der Waals surface area contributed by atoms with Gasteiger partial charge in [0.25, 0.3) is 5.91 Å². The van der Waals surface area contributed by atoms with Gasteiger partial charge in [0.15, 0.2) is 0 Å². The predicted molar refractivity (Wildman–Crippen MR) is 51.2 cm³/mol. The SMILES string of the molecule is CCN1CCN(CC(=O)NN)C(=O)C1=O. The van der Waals surface area contributed by atoms with E-state index in [2.05, 4.69) is 0 Å². The van der Waals surface area contributed by atoms with Gasteiger partial charge >= 0.3 is 11.8 Å². The van der Waals surface area contributed by atoms with Crippen LogP contribution in [0.2, 0.25) is 0 Å². The van der Waals surface area contributed by atoms with Crippen molar-refractivity contribution in [1.29, 1.82) is 0 Å². The molecule has 1 saturated heterocycles. The average Bonchev–Trinajstić information content (AvgIpc) is 2.25. The van der Waals surface area contributed by atoms with E-state index in [4.69, 9.17) is 5.84 Å². The number of amides is 3. The third kappa shape index (κ3) is 2.44. The molecule has 1 aliphatic rings. The van der Waals surface area contributed by atoms with Crippen molar-refractivity contribution in [2.45, 2.75) is 6.92 Å². The largest absolute Gasteiger partial charge is 0.333 e. The molecule has 0 radical (unpaired) electrons. The Bertz CT molecular complexity index is 292. The number of hydrogen-bond acceptors (Lipinski definition) is 4. The fourth-order valence-corrected chi connectivity index (χ4v) is 1.39. The van der Waals surface area contributed by atoms with Gasteiger partial charge < -0.3 is 9.80 Å². The van der Waals surface area contributed by atoms with E-state index in [0.717, 1.165) is 0 Å². The van der Waals surface area contributed by atoms with Crippen molar-refractivity contribution in [3.63, 3.8) is 0 Å². The van der Waals surface area contributed by atoms with Crippen LogP contribution in [0.1, 0.15) is 6.92 Å². The highest BCUT2D eigenvalue weighted by Crippen LogP contribution is 2.03. The lowest BCUT2D eigenvalue weighted by atomic mass is 10.3. The van der Waals surface area contributed by atoms with Crippen LogP contribution in [0.4, 0.5) is 0 Å². The molecule has 0 aromatic carbocycles. The number of carbonyl (C=O) groups is 3. The van der Waals surface area contributed by atoms with Gasteiger partial charge in [0.2, 0.25) is 0 Å². The van der Waals surface area contributed by atoms with Crippen LogP contribution in [0.15, 0.2) is 0 Å². The maximum Gasteiger partial charge on any atom is 0.312 e. The molecule has 7 heteroatoms. The third-order valence-electron chi connectivity index (χ3n) is 2.27. The molecule has 1 rings (SSSR count). The zero-order chi connectivity index (χ0) is 11.4. The van der Waals surface area contributed by atoms with Gasteiger partial charge in [-0.25, -0.2) is 5.84 Å². The molecule has 0 unspecified atom stereocenters. The van der Waals surface area contributed by atoms with Crippen molar-refractivity contribution in [3.8, 4) is 0 Å². The van der Waals surface area contributed by atoms with E-state index >= 15 is 0 Å². The Morgan fingerprint density at radius 2 is 1.87 bits per heavy atom. The Balaban J connectivity index is 2.61. The molecule has 0 atom stereocenters. The summed E-state index contributed by atoms with van der Waals surface area (Å²) in [6.07, 6.45) is 0. The number of hydrazine groups is 1. The maximum atomic E-state index is 11.5. The quantitative estimate of drug-likeness (QED) is 0.238. The van der Waals surface area contributed by atoms with E-state index < -0.39 is 17.7 Å². The molecular weight excluding hydrogens is 200 g/mol. The van der Waals surface area contributed by atoms with Gasteiger partial charge in [-0.05, 0) is 6.92 Å². The highest BCUT2D eigenvalue weighted by atomic mass is 16.2. The first-order valence-electron chi connectivity index (χ1n) is 4.67. The third-order valence-corrected chi connectivity index (χ3v) is 2.27. The second kappa shape index (κ2) is 4.74. The maximum absolute atomic E-state index is 11.5. The first kappa shape index (κ1) is 11.4. The fourth-order valence-electron chi connectivity index (χ4n) is 1.39. The predicted octanol–water partition coefficient (Wildman–Crippen LogP) is -2.33. The second-order valence-electron chi connectivity index (χ2n) is 3.18. The molecule has 15 heavy (non-hydrogen) atoms. The minimum atomic E-state index is -0.647. The summed E-state index contributed by atoms with van der Waals surface area (Å²) in [4.78, 5) is 36.4. The van der Waals surface area contributed by atoms with E-state index in [0.29, 0.717) is 19.6 Å². The zero-order valence-electron chi connectivity index (χ0n) is 8.52. The van der Waals surface area contributed by atoms with Gasteiger partial charge in [-0.1, -0.05) is 0 Å². The molecule has 0 bridgehead atoms. The van der Waals surface area contributed by atoms with Gasteiger partial charge in [-0.15, -0.1) is 0 Å². The number of likely N-dealkylation sites (N-methyl/N-ethyl adjacent to an activating group) is 1. The Morgan fingerprint density at radius 3 is 2.40 bits per heavy atom. The van der Waals surface area contributed by atoms with Gasteiger partial charge in [-0.2, -0.15) is 0 Å². The van der Waals surface area contributed by atoms with Crippen LogP contribution in [0.3, 0.4) is 0 Å². The summed E-state index contributed by atoms with van der Waals surface area (Å²) >= 11 is 0. The number of piperazine rings is 1. The number of rotatable bonds is 3. The highest BCUT2D eigenvalue weighted by Gasteiger charge is 2.32. The Labute approximate surface area is 87.2 Å². The second-order valence-corrected chi connectivity index (χ2v) is 3.18. The van der Waals surface area contributed by atoms with Crippen molar-refractivity contribution in [1.82, 2.24) is 15.2 Å². The summed E-state index contributed by atoms with van der Waals surface area (Å²) in [5.41, 5.74) is 1.92. The summed E-state index contributed by atoms with van der Waals surface area (Å²) in [7, 11) is 0. The van der Waals surface area contributed by atoms with Crippen molar-refractivity contribution in [2.75, 3.05) is 26.2 Å². The molecule has 7 nitrogen and oxygen atoms in total. The van der Waals surface area contributed by atoms with Crippen LogP contribution in [0.5, 0.6) is 0 Å². The topological polar surface area (TPSA) is 95.7 Å². The monoisotopic (exact) mass is 214 g/mol. The van der Waals surface area contributed by atoms with Crippen molar-refractivity contribution >= 4 is 17.7 Å². The van der Waals surface area contributed by atoms with Crippen molar-refractivity contribution in [3.05, 3.63) is 0 Å². The number of nitrogens with two attached hydrogens (primary N) is 1. The lowest BCUT2D eigenvalue weighted by Gasteiger charge is -2.32. The Hall–Kier alpha value is -1.63. The fraction of sp³-hybridized carbons (Fsp3) is 0.625. The van der Waals surface area contributed by atoms with Gasteiger partial charge in [0, 0.05) is 19.6 Å². The average molecular weight is 214 g/mol. The Kier molecular flexibility index (Phi) is 3.62. The first-order chi connectivity index (χ1) is 7.10. The normalized spacial score (nSPS) is 16.9. The minimum Gasteiger partial charge on any atom is -0.333 e. The lowest BCUT2D eigenvalue weighted by molar-refractivity contribution is -0.156. The Morgan fingerprint density at radius 1 is 1.33 bits per heavy atom. The number of nitrogens with zero attached hydrogens (tertiary/aromatic N) is 2. The van der Waals surface area contributed by atoms with E-state index in [1.165, 1.54) is 9.80 Å². The molecule has 0 aromatic heterocycles. The summed E-state index contributed by atoms with van der Waals surface area (Å²) in [6, 6.07) is 0. The summed E-state index contributed by atoms with van der Waals surface area (Å²) < 4.78 is 0. The van der Waals surface area contributed by atoms with Crippen LogP contribution in [-0.4, -0.2) is 53.7 Å². The summed E-state index contributed by atoms with van der Waals surface area (Å²) in [6.45, 7) is 2.96. The van der Waals surface area contributed by atoms with Gasteiger partial charge in [0.1, 0.15) is 6.54 Å². The van der Waals surface area contributed by atoms with Crippen molar-refractivity contribution < 1.29 is 14.4 Å². The van der Waals surface area contributed by atoms with E-state index in [9.17, 15) is 14.4 Å². The zero-order valence-corrected chi connectivity index (χ0v) is 8.52. The van der Waals surface area contributed by atoms with Crippen LogP contribution in [0, 0.1) is 0 Å². The molecule has 1 fully saturated rings. The standard InChI is InChI=1S/C8H14N4O3/c1-2-11-3-4-12(5-6(13)10-9)8(15)7(11)14/h2-5,9H2,1H3,(H,10,13). The van der Waals surface area contributed by atoms with Gasteiger partial charge in [0.05, 0.1) is 0 Å². The minimum absolute atomic E-state index is 0.168. The van der Waals surface area contributed by atoms with E-state index in [1.54, 1.807) is 6.92 Å². The lowest BCUT2D eigenvalue weighted by Crippen LogP contribution is -2.56. The molecule has 0 spiro atoms. The molecule has 84 valence electrons. The van der Waals surface area contributed by atoms with Crippen molar-refractivity contribution in [2.24, 2.45) is 5.84 Å². The molecular formula is C8H14N4O3. The molecule has 0 aromatic rings. The summed E-state index contributed by atoms with van der Waals surface area (Å²) in [5, 5.41) is 0. The van der Waals surface area contributed by atoms with E-state index in [1.807, 2.05) is 5.43 Å². The summed E-state index contributed by atoms with van der Waals surface area (Å²) in [5.74, 6) is 3.20. The van der Waals surface area contributed by atoms with Crippen LogP contribution < -0.4 is 11.3 Å². The van der Waals surface area contributed by atoms with Crippen LogP contribution in [-0.2, 0) is 14.4 Å². The highest BCUT2D eigenvalue weighted by molar-refractivity contribution is 6.35. The van der Waals surface area contributed by atoms with Crippen LogP contribution in [0.25, 0.3) is 0 Å². The molecule has 0 aliphatic carbocycles. The molecule has 1 heterocycles. The van der Waals surface area contributed by atoms with Crippen LogP contribution >= 0.6 is 0 Å².